The number of pyridine rings is 1. The molecule has 0 saturated carbocycles. The average Bonchev–Trinajstić information content (AvgIpc) is 2.65. The molecule has 0 unspecified atom stereocenters. The van der Waals surface area contributed by atoms with Crippen LogP contribution in [0.25, 0.3) is 11.0 Å². The number of carbonyl (C=O) groups excluding carboxylic acids is 1. The number of nitrogens with zero attached hydrogens (tertiary/aromatic N) is 2. The molecule has 0 fully saturated rings. The summed E-state index contributed by atoms with van der Waals surface area (Å²) >= 11 is 0. The van der Waals surface area contributed by atoms with E-state index in [-0.39, 0.29) is 29.4 Å². The van der Waals surface area contributed by atoms with Crippen molar-refractivity contribution in [2.45, 2.75) is 6.92 Å². The van der Waals surface area contributed by atoms with E-state index < -0.39 is 5.97 Å². The molecule has 0 aliphatic carbocycles. The lowest BCUT2D eigenvalue weighted by Crippen LogP contribution is -2.07. The van der Waals surface area contributed by atoms with Gasteiger partial charge in [-0.15, -0.1) is 0 Å². The second-order valence-corrected chi connectivity index (χ2v) is 3.56. The lowest BCUT2D eigenvalue weighted by atomic mass is 10.2. The number of nitriles is 1. The minimum absolute atomic E-state index is 0.0849. The third-order valence-corrected chi connectivity index (χ3v) is 2.45. The highest BCUT2D eigenvalue weighted by molar-refractivity contribution is 6.04. The second-order valence-electron chi connectivity index (χ2n) is 3.56. The molecule has 2 aromatic rings. The molecule has 18 heavy (non-hydrogen) atoms. The van der Waals surface area contributed by atoms with E-state index in [2.05, 4.69) is 9.97 Å². The lowest BCUT2D eigenvalue weighted by molar-refractivity contribution is 0.0522. The van der Waals surface area contributed by atoms with E-state index in [1.165, 1.54) is 6.07 Å². The van der Waals surface area contributed by atoms with E-state index in [1.54, 1.807) is 6.92 Å². The molecule has 0 bridgehead atoms. The molecule has 7 nitrogen and oxygen atoms in total. The maximum Gasteiger partial charge on any atom is 0.356 e. The molecule has 0 aliphatic rings. The summed E-state index contributed by atoms with van der Waals surface area (Å²) in [6.45, 7) is 1.94. The Bertz CT molecular complexity index is 668. The fraction of sp³-hybridized carbons (Fsp3) is 0.182. The highest BCUT2D eigenvalue weighted by atomic mass is 16.5. The van der Waals surface area contributed by atoms with Gasteiger partial charge in [-0.25, -0.2) is 9.78 Å². The van der Waals surface area contributed by atoms with E-state index in [9.17, 15) is 4.79 Å². The minimum Gasteiger partial charge on any atom is -0.461 e. The van der Waals surface area contributed by atoms with Crippen molar-refractivity contribution in [3.8, 4) is 6.07 Å². The zero-order valence-corrected chi connectivity index (χ0v) is 9.65. The van der Waals surface area contributed by atoms with Crippen molar-refractivity contribution >= 4 is 28.5 Å². The molecule has 0 spiro atoms. The average molecular weight is 245 g/mol. The fourth-order valence-electron chi connectivity index (χ4n) is 1.60. The Balaban J connectivity index is 2.64. The molecular formula is C11H11N5O2. The first kappa shape index (κ1) is 11.7. The van der Waals surface area contributed by atoms with Gasteiger partial charge in [0.2, 0.25) is 0 Å². The van der Waals surface area contributed by atoms with Crippen LogP contribution < -0.4 is 11.5 Å². The Morgan fingerprint density at radius 1 is 1.61 bits per heavy atom. The van der Waals surface area contributed by atoms with Crippen molar-refractivity contribution in [2.24, 2.45) is 0 Å². The topological polar surface area (TPSA) is 131 Å². The zero-order valence-electron chi connectivity index (χ0n) is 9.65. The molecule has 0 atom stereocenters. The Morgan fingerprint density at radius 3 is 2.94 bits per heavy atom. The molecule has 2 heterocycles. The van der Waals surface area contributed by atoms with Crippen molar-refractivity contribution in [3.05, 3.63) is 17.3 Å². The summed E-state index contributed by atoms with van der Waals surface area (Å²) < 4.78 is 4.85. The predicted octanol–water partition coefficient (Wildman–Crippen LogP) is 0.776. The van der Waals surface area contributed by atoms with Gasteiger partial charge < -0.3 is 21.2 Å². The summed E-state index contributed by atoms with van der Waals surface area (Å²) in [4.78, 5) is 18.3. The van der Waals surface area contributed by atoms with Crippen LogP contribution in [0.2, 0.25) is 0 Å². The van der Waals surface area contributed by atoms with Gasteiger partial charge in [-0.2, -0.15) is 5.26 Å². The number of esters is 1. The van der Waals surface area contributed by atoms with Crippen LogP contribution >= 0.6 is 0 Å². The number of carbonyl (C=O) groups is 1. The summed E-state index contributed by atoms with van der Waals surface area (Å²) in [5.41, 5.74) is 12.3. The molecule has 0 aliphatic heterocycles. The second kappa shape index (κ2) is 4.25. The molecule has 7 heteroatoms. The smallest absolute Gasteiger partial charge is 0.356 e. The number of nitrogen functional groups attached to an aromatic ring is 2. The molecule has 2 rings (SSSR count). The van der Waals surface area contributed by atoms with E-state index in [0.717, 1.165) is 0 Å². The van der Waals surface area contributed by atoms with Crippen molar-refractivity contribution < 1.29 is 9.53 Å². The summed E-state index contributed by atoms with van der Waals surface area (Å²) in [5, 5.41) is 9.33. The quantitative estimate of drug-likeness (QED) is 0.670. The highest BCUT2D eigenvalue weighted by Gasteiger charge is 2.18. The number of ether oxygens (including phenoxy) is 1. The SMILES string of the molecule is CCOC(=O)c1[nH]c2nc(N)c(C#N)cc2c1N. The van der Waals surface area contributed by atoms with Crippen molar-refractivity contribution in [2.75, 3.05) is 18.1 Å². The van der Waals surface area contributed by atoms with Gasteiger partial charge in [0.25, 0.3) is 0 Å². The predicted molar refractivity (Wildman–Crippen MR) is 65.6 cm³/mol. The van der Waals surface area contributed by atoms with Crippen LogP contribution in [-0.4, -0.2) is 22.5 Å². The number of aromatic amines is 1. The first-order valence-corrected chi connectivity index (χ1v) is 5.23. The maximum atomic E-state index is 11.6. The van der Waals surface area contributed by atoms with E-state index >= 15 is 0 Å². The third kappa shape index (κ3) is 1.69. The van der Waals surface area contributed by atoms with Crippen molar-refractivity contribution in [3.63, 3.8) is 0 Å². The summed E-state index contributed by atoms with van der Waals surface area (Å²) in [6, 6.07) is 3.40. The van der Waals surface area contributed by atoms with Gasteiger partial charge >= 0.3 is 5.97 Å². The number of nitrogens with two attached hydrogens (primary N) is 2. The normalized spacial score (nSPS) is 10.2. The molecule has 0 radical (unpaired) electrons. The lowest BCUT2D eigenvalue weighted by Gasteiger charge is -1.99. The van der Waals surface area contributed by atoms with Crippen LogP contribution in [0.3, 0.4) is 0 Å². The Kier molecular flexibility index (Phi) is 2.77. The number of hydrogen-bond acceptors (Lipinski definition) is 6. The number of fused-ring (bicyclic) bond motifs is 1. The Hall–Kier alpha value is -2.75. The molecule has 0 saturated heterocycles. The van der Waals surface area contributed by atoms with E-state index in [4.69, 9.17) is 21.5 Å². The Labute approximate surface area is 102 Å². The summed E-state index contributed by atoms with van der Waals surface area (Å²) in [7, 11) is 0. The van der Waals surface area contributed by atoms with Gasteiger partial charge in [0.1, 0.15) is 17.5 Å². The fourth-order valence-corrected chi connectivity index (χ4v) is 1.60. The van der Waals surface area contributed by atoms with Gasteiger partial charge in [0, 0.05) is 5.39 Å². The van der Waals surface area contributed by atoms with Crippen LogP contribution in [0.4, 0.5) is 11.5 Å². The number of rotatable bonds is 2. The number of nitrogens with one attached hydrogen (secondary N) is 1. The van der Waals surface area contributed by atoms with E-state index in [1.807, 2.05) is 6.07 Å². The summed E-state index contributed by atoms with van der Waals surface area (Å²) in [6.07, 6.45) is 0. The van der Waals surface area contributed by atoms with Gasteiger partial charge in [-0.3, -0.25) is 0 Å². The molecule has 2 aromatic heterocycles. The van der Waals surface area contributed by atoms with E-state index in [0.29, 0.717) is 11.0 Å². The highest BCUT2D eigenvalue weighted by Crippen LogP contribution is 2.26. The van der Waals surface area contributed by atoms with Gasteiger partial charge in [0.05, 0.1) is 17.9 Å². The molecular weight excluding hydrogens is 234 g/mol. The molecule has 0 aromatic carbocycles. The zero-order chi connectivity index (χ0) is 13.3. The van der Waals surface area contributed by atoms with Gasteiger partial charge in [-0.1, -0.05) is 0 Å². The number of anilines is 2. The van der Waals surface area contributed by atoms with Crippen LogP contribution in [0.15, 0.2) is 6.07 Å². The first-order valence-electron chi connectivity index (χ1n) is 5.23. The molecule has 92 valence electrons. The van der Waals surface area contributed by atoms with Crippen LogP contribution in [-0.2, 0) is 4.74 Å². The number of H-pyrrole nitrogens is 1. The maximum absolute atomic E-state index is 11.6. The minimum atomic E-state index is -0.565. The molecule has 5 N–H and O–H groups in total. The van der Waals surface area contributed by atoms with Crippen LogP contribution in [0, 0.1) is 11.3 Å². The van der Waals surface area contributed by atoms with Gasteiger partial charge in [0.15, 0.2) is 5.69 Å². The van der Waals surface area contributed by atoms with Crippen LogP contribution in [0.5, 0.6) is 0 Å². The summed E-state index contributed by atoms with van der Waals surface area (Å²) in [5.74, 6) is -0.480. The van der Waals surface area contributed by atoms with Crippen molar-refractivity contribution in [1.82, 2.24) is 9.97 Å². The standard InChI is InChI=1S/C11H11N5O2/c1-2-18-11(17)8-7(13)6-3-5(4-12)9(14)16-10(6)15-8/h3H,2,13H2,1H3,(H3,14,15,16). The third-order valence-electron chi connectivity index (χ3n) is 2.45. The number of hydrogen-bond donors (Lipinski definition) is 3. The van der Waals surface area contributed by atoms with Crippen LogP contribution in [0.1, 0.15) is 23.0 Å². The van der Waals surface area contributed by atoms with Crippen molar-refractivity contribution in [1.29, 1.82) is 5.26 Å². The number of aromatic nitrogens is 2. The first-order chi connectivity index (χ1) is 8.58. The molecule has 0 amide bonds. The largest absolute Gasteiger partial charge is 0.461 e. The Morgan fingerprint density at radius 2 is 2.33 bits per heavy atom. The van der Waals surface area contributed by atoms with Gasteiger partial charge in [-0.05, 0) is 13.0 Å². The monoisotopic (exact) mass is 245 g/mol.